The lowest BCUT2D eigenvalue weighted by molar-refractivity contribution is -0.918. The van der Waals surface area contributed by atoms with Crippen LogP contribution in [0.5, 0.6) is 5.75 Å². The molecular weight excluding hydrogens is 356 g/mol. The van der Waals surface area contributed by atoms with Crippen LogP contribution in [0.1, 0.15) is 54.7 Å². The van der Waals surface area contributed by atoms with Crippen molar-refractivity contribution < 1.29 is 14.4 Å². The Kier molecular flexibility index (Phi) is 6.91. The molecule has 1 aromatic carbocycles. The summed E-state index contributed by atoms with van der Waals surface area (Å²) >= 11 is 1.78. The molecule has 0 radical (unpaired) electrons. The molecule has 4 nitrogen and oxygen atoms in total. The largest absolute Gasteiger partial charge is 0.483 e. The highest BCUT2D eigenvalue weighted by Crippen LogP contribution is 2.27. The fourth-order valence-electron chi connectivity index (χ4n) is 3.77. The van der Waals surface area contributed by atoms with Crippen molar-refractivity contribution in [3.8, 4) is 5.75 Å². The predicted molar refractivity (Wildman–Crippen MR) is 111 cm³/mol. The molecule has 0 aliphatic carbocycles. The molecule has 1 aliphatic heterocycles. The highest BCUT2D eigenvalue weighted by molar-refractivity contribution is 7.10. The number of nitrogens with one attached hydrogen (secondary N) is 2. The molecule has 1 aliphatic rings. The number of likely N-dealkylation sites (tertiary alicyclic amines) is 1. The molecule has 1 aromatic heterocycles. The quantitative estimate of drug-likeness (QED) is 0.731. The summed E-state index contributed by atoms with van der Waals surface area (Å²) in [6, 6.07) is 10.8. The van der Waals surface area contributed by atoms with E-state index in [4.69, 9.17) is 4.74 Å². The van der Waals surface area contributed by atoms with Gasteiger partial charge in [0.25, 0.3) is 5.91 Å². The minimum absolute atomic E-state index is 0.0497. The Bertz CT molecular complexity index is 737. The summed E-state index contributed by atoms with van der Waals surface area (Å²) in [4.78, 5) is 15.4. The number of amides is 1. The van der Waals surface area contributed by atoms with Gasteiger partial charge in [0.15, 0.2) is 6.61 Å². The van der Waals surface area contributed by atoms with E-state index in [-0.39, 0.29) is 12.5 Å². The number of carbonyl (C=O) groups is 1. The van der Waals surface area contributed by atoms with Crippen LogP contribution in [0.3, 0.4) is 0 Å². The van der Waals surface area contributed by atoms with Gasteiger partial charge >= 0.3 is 0 Å². The first kappa shape index (κ1) is 19.9. The fraction of sp³-hybridized carbons (Fsp3) is 0.500. The molecule has 2 aromatic rings. The molecule has 27 heavy (non-hydrogen) atoms. The van der Waals surface area contributed by atoms with Gasteiger partial charge in [-0.1, -0.05) is 32.0 Å². The second-order valence-electron chi connectivity index (χ2n) is 7.72. The number of rotatable bonds is 8. The molecule has 146 valence electrons. The average molecular weight is 388 g/mol. The Hall–Kier alpha value is -1.85. The standard InChI is InChI=1S/C22H30N2O2S/c1-16(2)18-9-8-17(3)13-20(18)26-15-22(25)23-14-19(21-7-6-12-27-21)24-10-4-5-11-24/h6-9,12-13,16,19H,4-5,10-11,14-15H2,1-3H3,(H,23,25)/p+1/t19-/m0/s1. The van der Waals surface area contributed by atoms with E-state index in [0.717, 1.165) is 16.9 Å². The minimum atomic E-state index is -0.0497. The fourth-order valence-corrected chi connectivity index (χ4v) is 4.65. The van der Waals surface area contributed by atoms with Gasteiger partial charge in [-0.25, -0.2) is 0 Å². The van der Waals surface area contributed by atoms with Crippen molar-refractivity contribution in [2.24, 2.45) is 0 Å². The van der Waals surface area contributed by atoms with E-state index < -0.39 is 0 Å². The number of benzene rings is 1. The molecule has 1 fully saturated rings. The van der Waals surface area contributed by atoms with Crippen molar-refractivity contribution in [2.45, 2.75) is 45.6 Å². The molecule has 0 unspecified atom stereocenters. The number of aryl methyl sites for hydroxylation is 1. The van der Waals surface area contributed by atoms with Crippen molar-refractivity contribution in [1.82, 2.24) is 5.32 Å². The number of thiophene rings is 1. The molecule has 0 spiro atoms. The Morgan fingerprint density at radius 1 is 1.26 bits per heavy atom. The minimum Gasteiger partial charge on any atom is -0.483 e. The summed E-state index contributed by atoms with van der Waals surface area (Å²) < 4.78 is 5.87. The first-order valence-electron chi connectivity index (χ1n) is 9.92. The zero-order valence-corrected chi connectivity index (χ0v) is 17.4. The Labute approximate surface area is 166 Å². The number of hydrogen-bond donors (Lipinski definition) is 2. The molecule has 5 heteroatoms. The monoisotopic (exact) mass is 387 g/mol. The average Bonchev–Trinajstić information content (AvgIpc) is 3.34. The van der Waals surface area contributed by atoms with Crippen LogP contribution in [0, 0.1) is 6.92 Å². The Balaban J connectivity index is 1.57. The SMILES string of the molecule is Cc1ccc(C(C)C)c(OCC(=O)NC[C@@H](c2cccs2)[NH+]2CCCC2)c1. The van der Waals surface area contributed by atoms with E-state index in [1.54, 1.807) is 16.2 Å². The van der Waals surface area contributed by atoms with Gasteiger partial charge < -0.3 is 15.0 Å². The van der Waals surface area contributed by atoms with E-state index in [0.29, 0.717) is 18.5 Å². The molecule has 1 saturated heterocycles. The molecule has 3 rings (SSSR count). The molecule has 1 atom stereocenters. The van der Waals surface area contributed by atoms with Gasteiger partial charge in [-0.05, 0) is 41.5 Å². The van der Waals surface area contributed by atoms with E-state index in [2.05, 4.69) is 48.8 Å². The Morgan fingerprint density at radius 2 is 2.04 bits per heavy atom. The van der Waals surface area contributed by atoms with Crippen LogP contribution in [-0.2, 0) is 4.79 Å². The smallest absolute Gasteiger partial charge is 0.258 e. The van der Waals surface area contributed by atoms with E-state index in [9.17, 15) is 4.79 Å². The summed E-state index contributed by atoms with van der Waals surface area (Å²) in [6.45, 7) is 9.44. The first-order chi connectivity index (χ1) is 13.0. The highest BCUT2D eigenvalue weighted by atomic mass is 32.1. The third-order valence-corrected chi connectivity index (χ3v) is 6.26. The van der Waals surface area contributed by atoms with Crippen molar-refractivity contribution in [2.75, 3.05) is 26.2 Å². The van der Waals surface area contributed by atoms with Crippen molar-refractivity contribution >= 4 is 17.2 Å². The zero-order valence-electron chi connectivity index (χ0n) is 16.6. The lowest BCUT2D eigenvalue weighted by Gasteiger charge is -2.24. The molecule has 2 heterocycles. The van der Waals surface area contributed by atoms with E-state index in [1.165, 1.54) is 30.8 Å². The number of carbonyl (C=O) groups excluding carboxylic acids is 1. The maximum Gasteiger partial charge on any atom is 0.258 e. The third-order valence-electron chi connectivity index (χ3n) is 5.28. The van der Waals surface area contributed by atoms with Crippen LogP contribution >= 0.6 is 11.3 Å². The maximum absolute atomic E-state index is 12.4. The molecule has 2 N–H and O–H groups in total. The van der Waals surface area contributed by atoms with Crippen LogP contribution in [0.25, 0.3) is 0 Å². The second-order valence-corrected chi connectivity index (χ2v) is 8.70. The van der Waals surface area contributed by atoms with Gasteiger partial charge in [0.1, 0.15) is 11.8 Å². The van der Waals surface area contributed by atoms with Gasteiger partial charge in [0, 0.05) is 12.8 Å². The predicted octanol–water partition coefficient (Wildman–Crippen LogP) is 3.09. The summed E-state index contributed by atoms with van der Waals surface area (Å²) in [6.07, 6.45) is 2.55. The van der Waals surface area contributed by atoms with Crippen LogP contribution in [0.4, 0.5) is 0 Å². The van der Waals surface area contributed by atoms with Gasteiger partial charge in [-0.2, -0.15) is 0 Å². The van der Waals surface area contributed by atoms with Gasteiger partial charge in [-0.15, -0.1) is 11.3 Å². The van der Waals surface area contributed by atoms with Gasteiger partial charge in [0.2, 0.25) is 0 Å². The van der Waals surface area contributed by atoms with E-state index in [1.807, 2.05) is 13.0 Å². The number of quaternary nitrogens is 1. The van der Waals surface area contributed by atoms with E-state index >= 15 is 0 Å². The summed E-state index contributed by atoms with van der Waals surface area (Å²) in [5, 5.41) is 5.22. The van der Waals surface area contributed by atoms with Gasteiger partial charge in [-0.3, -0.25) is 4.79 Å². The maximum atomic E-state index is 12.4. The van der Waals surface area contributed by atoms with Crippen LogP contribution < -0.4 is 15.0 Å². The molecular formula is C22H31N2O2S+. The molecule has 0 bridgehead atoms. The molecule has 1 amide bonds. The lowest BCUT2D eigenvalue weighted by Crippen LogP contribution is -3.11. The normalized spacial score (nSPS) is 15.9. The van der Waals surface area contributed by atoms with Crippen LogP contribution in [0.15, 0.2) is 35.7 Å². The Morgan fingerprint density at radius 3 is 2.70 bits per heavy atom. The number of ether oxygens (including phenoxy) is 1. The first-order valence-corrected chi connectivity index (χ1v) is 10.8. The van der Waals surface area contributed by atoms with Crippen molar-refractivity contribution in [3.05, 3.63) is 51.7 Å². The summed E-state index contributed by atoms with van der Waals surface area (Å²) in [7, 11) is 0. The third kappa shape index (κ3) is 5.33. The zero-order chi connectivity index (χ0) is 19.2. The van der Waals surface area contributed by atoms with Crippen molar-refractivity contribution in [3.63, 3.8) is 0 Å². The number of hydrogen-bond acceptors (Lipinski definition) is 3. The summed E-state index contributed by atoms with van der Waals surface area (Å²) in [5.41, 5.74) is 2.29. The topological polar surface area (TPSA) is 42.8 Å². The van der Waals surface area contributed by atoms with Gasteiger partial charge in [0.05, 0.1) is 24.5 Å². The summed E-state index contributed by atoms with van der Waals surface area (Å²) in [5.74, 6) is 1.14. The van der Waals surface area contributed by atoms with Crippen LogP contribution in [-0.4, -0.2) is 32.1 Å². The second kappa shape index (κ2) is 9.38. The van der Waals surface area contributed by atoms with Crippen molar-refractivity contribution in [1.29, 1.82) is 0 Å². The lowest BCUT2D eigenvalue weighted by atomic mass is 10.0. The van der Waals surface area contributed by atoms with Crippen LogP contribution in [0.2, 0.25) is 0 Å². The highest BCUT2D eigenvalue weighted by Gasteiger charge is 2.28. The molecule has 0 saturated carbocycles.